The molecule has 0 heterocycles. The highest BCUT2D eigenvalue weighted by Crippen LogP contribution is 2.31. The molecule has 0 aliphatic heterocycles. The molecular formula is C23H31NO4. The van der Waals surface area contributed by atoms with E-state index in [1.807, 2.05) is 77.1 Å². The molecule has 5 nitrogen and oxygen atoms in total. The number of aryl methyl sites for hydroxylation is 1. The monoisotopic (exact) mass is 385 g/mol. The molecule has 0 aliphatic rings. The Morgan fingerprint density at radius 1 is 0.964 bits per heavy atom. The van der Waals surface area contributed by atoms with E-state index in [1.54, 1.807) is 0 Å². The third-order valence-electron chi connectivity index (χ3n) is 4.45. The van der Waals surface area contributed by atoms with Gasteiger partial charge in [0.2, 0.25) is 0 Å². The van der Waals surface area contributed by atoms with Crippen LogP contribution in [-0.4, -0.2) is 25.2 Å². The molecule has 0 saturated heterocycles. The van der Waals surface area contributed by atoms with E-state index in [4.69, 9.17) is 14.2 Å². The van der Waals surface area contributed by atoms with Gasteiger partial charge in [-0.2, -0.15) is 0 Å². The van der Waals surface area contributed by atoms with Crippen LogP contribution in [0.4, 0.5) is 0 Å². The Morgan fingerprint density at radius 2 is 1.64 bits per heavy atom. The molecule has 0 spiro atoms. The third-order valence-corrected chi connectivity index (χ3v) is 4.45. The van der Waals surface area contributed by atoms with Gasteiger partial charge in [-0.15, -0.1) is 0 Å². The number of hydrogen-bond donors (Lipinski definition) is 1. The molecule has 0 aromatic heterocycles. The van der Waals surface area contributed by atoms with Crippen LogP contribution in [0.2, 0.25) is 0 Å². The Bertz CT molecular complexity index is 775. The molecule has 0 radical (unpaired) electrons. The summed E-state index contributed by atoms with van der Waals surface area (Å²) in [5, 5.41) is 3.05. The van der Waals surface area contributed by atoms with Gasteiger partial charge in [0.1, 0.15) is 5.75 Å². The number of amides is 1. The van der Waals surface area contributed by atoms with Crippen molar-refractivity contribution in [1.29, 1.82) is 0 Å². The molecule has 0 bridgehead atoms. The van der Waals surface area contributed by atoms with E-state index < -0.39 is 6.10 Å². The van der Waals surface area contributed by atoms with Crippen molar-refractivity contribution in [1.82, 2.24) is 5.32 Å². The first-order valence-electron chi connectivity index (χ1n) is 9.92. The Balaban J connectivity index is 2.09. The van der Waals surface area contributed by atoms with Crippen molar-refractivity contribution >= 4 is 5.91 Å². The van der Waals surface area contributed by atoms with Crippen LogP contribution in [0, 0.1) is 6.92 Å². The lowest BCUT2D eigenvalue weighted by Gasteiger charge is -2.22. The molecule has 2 aromatic carbocycles. The maximum absolute atomic E-state index is 12.8. The highest BCUT2D eigenvalue weighted by atomic mass is 16.5. The topological polar surface area (TPSA) is 56.8 Å². The van der Waals surface area contributed by atoms with E-state index in [0.717, 1.165) is 16.9 Å². The molecule has 1 amide bonds. The predicted molar refractivity (Wildman–Crippen MR) is 111 cm³/mol. The lowest BCUT2D eigenvalue weighted by atomic mass is 10.1. The zero-order valence-corrected chi connectivity index (χ0v) is 17.5. The van der Waals surface area contributed by atoms with E-state index in [1.165, 1.54) is 0 Å². The summed E-state index contributed by atoms with van der Waals surface area (Å²) in [5.41, 5.74) is 1.96. The predicted octanol–water partition coefficient (Wildman–Crippen LogP) is 4.83. The smallest absolute Gasteiger partial charge is 0.261 e. The molecule has 0 fully saturated rings. The molecule has 0 saturated carbocycles. The van der Waals surface area contributed by atoms with Gasteiger partial charge in [-0.05, 0) is 63.4 Å². The Labute approximate surface area is 168 Å². The highest BCUT2D eigenvalue weighted by molar-refractivity contribution is 5.81. The molecule has 28 heavy (non-hydrogen) atoms. The quantitative estimate of drug-likeness (QED) is 0.637. The first kappa shape index (κ1) is 21.6. The Kier molecular flexibility index (Phi) is 8.18. The summed E-state index contributed by atoms with van der Waals surface area (Å²) >= 11 is 0. The number of hydrogen-bond acceptors (Lipinski definition) is 4. The van der Waals surface area contributed by atoms with Crippen molar-refractivity contribution in [3.05, 3.63) is 53.6 Å². The number of nitrogens with one attached hydrogen (secondary N) is 1. The second-order valence-corrected chi connectivity index (χ2v) is 6.58. The minimum atomic E-state index is -0.544. The summed E-state index contributed by atoms with van der Waals surface area (Å²) in [6, 6.07) is 13.3. The number of benzene rings is 2. The van der Waals surface area contributed by atoms with Crippen LogP contribution < -0.4 is 19.5 Å². The van der Waals surface area contributed by atoms with Crippen LogP contribution in [0.25, 0.3) is 0 Å². The lowest BCUT2D eigenvalue weighted by molar-refractivity contribution is -0.128. The number of rotatable bonds is 10. The summed E-state index contributed by atoms with van der Waals surface area (Å²) in [7, 11) is 0. The van der Waals surface area contributed by atoms with Crippen LogP contribution in [0.3, 0.4) is 0 Å². The zero-order valence-electron chi connectivity index (χ0n) is 17.5. The molecule has 1 N–H and O–H groups in total. The lowest BCUT2D eigenvalue weighted by Crippen LogP contribution is -2.39. The van der Waals surface area contributed by atoms with Gasteiger partial charge in [0.05, 0.1) is 19.3 Å². The van der Waals surface area contributed by atoms with Crippen molar-refractivity contribution in [2.24, 2.45) is 0 Å². The minimum absolute atomic E-state index is 0.134. The van der Waals surface area contributed by atoms with E-state index in [2.05, 4.69) is 5.32 Å². The minimum Gasteiger partial charge on any atom is -0.490 e. The zero-order chi connectivity index (χ0) is 20.5. The number of para-hydroxylation sites is 1. The van der Waals surface area contributed by atoms with E-state index >= 15 is 0 Å². The molecule has 152 valence electrons. The van der Waals surface area contributed by atoms with Crippen molar-refractivity contribution in [2.75, 3.05) is 13.2 Å². The van der Waals surface area contributed by atoms with E-state index in [9.17, 15) is 4.79 Å². The van der Waals surface area contributed by atoms with E-state index in [-0.39, 0.29) is 11.9 Å². The fraction of sp³-hybridized carbons (Fsp3) is 0.435. The van der Waals surface area contributed by atoms with Crippen LogP contribution in [0.15, 0.2) is 42.5 Å². The molecule has 2 aromatic rings. The van der Waals surface area contributed by atoms with Gasteiger partial charge in [-0.3, -0.25) is 4.79 Å². The SMILES string of the molecule is CCOc1ccc([C@@H](C)NC(=O)[C@H](CC)Oc2ccccc2C)cc1OCC. The van der Waals surface area contributed by atoms with Crippen molar-refractivity contribution in [2.45, 2.75) is 53.2 Å². The van der Waals surface area contributed by atoms with Crippen molar-refractivity contribution < 1.29 is 19.0 Å². The number of carbonyl (C=O) groups excluding carboxylic acids is 1. The van der Waals surface area contributed by atoms with Gasteiger partial charge in [0, 0.05) is 0 Å². The van der Waals surface area contributed by atoms with Gasteiger partial charge in [0.25, 0.3) is 5.91 Å². The summed E-state index contributed by atoms with van der Waals surface area (Å²) < 4.78 is 17.2. The van der Waals surface area contributed by atoms with Gasteiger partial charge in [0.15, 0.2) is 17.6 Å². The maximum atomic E-state index is 12.8. The van der Waals surface area contributed by atoms with Crippen LogP contribution in [0.1, 0.15) is 51.3 Å². The third kappa shape index (κ3) is 5.65. The fourth-order valence-electron chi connectivity index (χ4n) is 2.89. The largest absolute Gasteiger partial charge is 0.490 e. The van der Waals surface area contributed by atoms with Gasteiger partial charge in [-0.25, -0.2) is 0 Å². The number of carbonyl (C=O) groups is 1. The molecule has 0 aliphatic carbocycles. The second-order valence-electron chi connectivity index (χ2n) is 6.58. The van der Waals surface area contributed by atoms with E-state index in [0.29, 0.717) is 31.1 Å². The van der Waals surface area contributed by atoms with Crippen LogP contribution in [-0.2, 0) is 4.79 Å². The molecular weight excluding hydrogens is 354 g/mol. The summed E-state index contributed by atoms with van der Waals surface area (Å²) in [6.45, 7) is 10.8. The first-order valence-corrected chi connectivity index (χ1v) is 9.92. The van der Waals surface area contributed by atoms with Gasteiger partial charge < -0.3 is 19.5 Å². The first-order chi connectivity index (χ1) is 13.5. The summed E-state index contributed by atoms with van der Waals surface area (Å²) in [5.74, 6) is 1.99. The maximum Gasteiger partial charge on any atom is 0.261 e. The standard InChI is InChI=1S/C23H31NO4/c1-6-19(28-20-12-10-9-11-16(20)4)23(25)24-17(5)18-13-14-21(26-7-2)22(15-18)27-8-3/h9-15,17,19H,6-8H2,1-5H3,(H,24,25)/t17-,19+/m1/s1. The highest BCUT2D eigenvalue weighted by Gasteiger charge is 2.22. The van der Waals surface area contributed by atoms with Crippen LogP contribution >= 0.6 is 0 Å². The van der Waals surface area contributed by atoms with Crippen molar-refractivity contribution in [3.63, 3.8) is 0 Å². The Morgan fingerprint density at radius 3 is 2.29 bits per heavy atom. The molecule has 5 heteroatoms. The average Bonchev–Trinajstić information content (AvgIpc) is 2.68. The summed E-state index contributed by atoms with van der Waals surface area (Å²) in [4.78, 5) is 12.8. The summed E-state index contributed by atoms with van der Waals surface area (Å²) in [6.07, 6.45) is 0.0398. The molecule has 0 unspecified atom stereocenters. The van der Waals surface area contributed by atoms with Crippen LogP contribution in [0.5, 0.6) is 17.2 Å². The Hall–Kier alpha value is -2.69. The van der Waals surface area contributed by atoms with Gasteiger partial charge in [-0.1, -0.05) is 31.2 Å². The molecule has 2 rings (SSSR count). The normalized spacial score (nSPS) is 12.8. The van der Waals surface area contributed by atoms with Crippen molar-refractivity contribution in [3.8, 4) is 17.2 Å². The number of ether oxygens (including phenoxy) is 3. The molecule has 2 atom stereocenters. The van der Waals surface area contributed by atoms with Gasteiger partial charge >= 0.3 is 0 Å². The fourth-order valence-corrected chi connectivity index (χ4v) is 2.89. The second kappa shape index (κ2) is 10.6. The average molecular weight is 386 g/mol.